The summed E-state index contributed by atoms with van der Waals surface area (Å²) in [5.74, 6) is -0.323. The molecule has 184 valence electrons. The molecule has 5 heteroatoms. The van der Waals surface area contributed by atoms with Crippen molar-refractivity contribution in [3.63, 3.8) is 0 Å². The van der Waals surface area contributed by atoms with Crippen LogP contribution < -0.4 is 9.47 Å². The van der Waals surface area contributed by atoms with Crippen molar-refractivity contribution in [3.8, 4) is 11.5 Å². The van der Waals surface area contributed by atoms with Crippen LogP contribution in [-0.4, -0.2) is 18.2 Å². The largest absolute Gasteiger partial charge is 0.454 e. The van der Waals surface area contributed by atoms with Crippen molar-refractivity contribution in [1.29, 1.82) is 0 Å². The zero-order chi connectivity index (χ0) is 24.4. The first-order valence-corrected chi connectivity index (χ1v) is 12.5. The van der Waals surface area contributed by atoms with E-state index in [1.165, 1.54) is 44.9 Å². The lowest BCUT2D eigenvalue weighted by Crippen LogP contribution is -2.24. The molecule has 0 radical (unpaired) electrons. The molecule has 0 aliphatic carbocycles. The monoisotopic (exact) mass is 466 g/mol. The van der Waals surface area contributed by atoms with Crippen LogP contribution in [0.5, 0.6) is 11.5 Å². The van der Waals surface area contributed by atoms with E-state index in [1.54, 1.807) is 48.5 Å². The lowest BCUT2D eigenvalue weighted by molar-refractivity contribution is -0.158. The summed E-state index contributed by atoms with van der Waals surface area (Å²) in [6, 6.07) is 15.7. The fraction of sp³-hybridized carbons (Fsp3) is 0.448. The van der Waals surface area contributed by atoms with E-state index < -0.39 is 18.2 Å². The Balaban J connectivity index is 1.87. The molecule has 34 heavy (non-hydrogen) atoms. The number of benzene rings is 2. The number of ether oxygens (including phenoxy) is 3. The van der Waals surface area contributed by atoms with Crippen molar-refractivity contribution in [2.45, 2.75) is 83.8 Å². The number of esters is 2. The second-order valence-corrected chi connectivity index (χ2v) is 8.36. The van der Waals surface area contributed by atoms with Gasteiger partial charge in [-0.2, -0.15) is 0 Å². The minimum absolute atomic E-state index is 0.272. The molecular formula is C29H38O5. The lowest BCUT2D eigenvalue weighted by atomic mass is 10.1. The van der Waals surface area contributed by atoms with Crippen LogP contribution in [0.25, 0.3) is 0 Å². The number of unbranched alkanes of at least 4 members (excludes halogenated alkanes) is 9. The smallest absolute Gasteiger partial charge is 0.347 e. The number of hydrogen-bond acceptors (Lipinski definition) is 5. The van der Waals surface area contributed by atoms with E-state index >= 15 is 0 Å². The topological polar surface area (TPSA) is 61.8 Å². The van der Waals surface area contributed by atoms with E-state index in [-0.39, 0.29) is 5.56 Å². The molecule has 2 aromatic carbocycles. The Morgan fingerprint density at radius 3 is 2.06 bits per heavy atom. The van der Waals surface area contributed by atoms with Crippen molar-refractivity contribution in [3.05, 3.63) is 72.8 Å². The molecule has 0 amide bonds. The predicted octanol–water partition coefficient (Wildman–Crippen LogP) is 7.65. The van der Waals surface area contributed by atoms with Gasteiger partial charge in [0.05, 0.1) is 0 Å². The number of carbonyl (C=O) groups is 2. The molecule has 0 aliphatic rings. The highest BCUT2D eigenvalue weighted by atomic mass is 16.7. The molecule has 0 heterocycles. The average molecular weight is 467 g/mol. The Hall–Kier alpha value is -3.08. The Morgan fingerprint density at radius 2 is 1.41 bits per heavy atom. The summed E-state index contributed by atoms with van der Waals surface area (Å²) in [4.78, 5) is 24.6. The minimum Gasteiger partial charge on any atom is -0.454 e. The van der Waals surface area contributed by atoms with Crippen LogP contribution >= 0.6 is 0 Å². The summed E-state index contributed by atoms with van der Waals surface area (Å²) in [5, 5.41) is 0. The van der Waals surface area contributed by atoms with Gasteiger partial charge >= 0.3 is 11.9 Å². The second kappa shape index (κ2) is 16.5. The first-order valence-electron chi connectivity index (χ1n) is 12.5. The Bertz CT molecular complexity index is 862. The third-order valence-electron chi connectivity index (χ3n) is 5.53. The van der Waals surface area contributed by atoms with Gasteiger partial charge in [-0.25, -0.2) is 9.59 Å². The highest BCUT2D eigenvalue weighted by Gasteiger charge is 2.20. The van der Waals surface area contributed by atoms with E-state index in [9.17, 15) is 9.59 Å². The minimum atomic E-state index is -0.801. The molecule has 0 aliphatic heterocycles. The molecule has 0 fully saturated rings. The fourth-order valence-corrected chi connectivity index (χ4v) is 3.65. The van der Waals surface area contributed by atoms with Crippen LogP contribution in [0.4, 0.5) is 0 Å². The van der Waals surface area contributed by atoms with Gasteiger partial charge in [0.25, 0.3) is 0 Å². The van der Waals surface area contributed by atoms with Crippen molar-refractivity contribution >= 4 is 11.9 Å². The SMILES string of the molecule is C=CC(=O)OC(CCCCCCCCCCCC)Oc1ccccc1C(=O)Oc1ccccc1. The highest BCUT2D eigenvalue weighted by molar-refractivity contribution is 5.94. The molecule has 2 rings (SSSR count). The Morgan fingerprint density at radius 1 is 0.824 bits per heavy atom. The zero-order valence-electron chi connectivity index (χ0n) is 20.4. The third kappa shape index (κ3) is 10.7. The molecule has 1 atom stereocenters. The van der Waals surface area contributed by atoms with Crippen LogP contribution in [0.15, 0.2) is 67.3 Å². The van der Waals surface area contributed by atoms with Crippen LogP contribution in [0.2, 0.25) is 0 Å². The quantitative estimate of drug-likeness (QED) is 0.0787. The summed E-state index contributed by atoms with van der Waals surface area (Å²) in [7, 11) is 0. The molecule has 2 aromatic rings. The number of hydrogen-bond donors (Lipinski definition) is 0. The van der Waals surface area contributed by atoms with Crippen LogP contribution in [-0.2, 0) is 9.53 Å². The summed E-state index contributed by atoms with van der Waals surface area (Å²) in [6.07, 6.45) is 13.0. The molecule has 0 bridgehead atoms. The second-order valence-electron chi connectivity index (χ2n) is 8.36. The molecule has 0 saturated carbocycles. The van der Waals surface area contributed by atoms with Gasteiger partial charge in [-0.05, 0) is 30.7 Å². The summed E-state index contributed by atoms with van der Waals surface area (Å²) >= 11 is 0. The Kier molecular flexibility index (Phi) is 13.2. The van der Waals surface area contributed by atoms with E-state index in [1.807, 2.05) is 6.07 Å². The predicted molar refractivity (Wildman–Crippen MR) is 135 cm³/mol. The van der Waals surface area contributed by atoms with Gasteiger partial charge in [0.15, 0.2) is 0 Å². The first-order chi connectivity index (χ1) is 16.6. The molecule has 0 aromatic heterocycles. The van der Waals surface area contributed by atoms with Crippen LogP contribution in [0.1, 0.15) is 87.9 Å². The van der Waals surface area contributed by atoms with Crippen LogP contribution in [0.3, 0.4) is 0 Å². The summed E-state index contributed by atoms with van der Waals surface area (Å²) in [5.41, 5.74) is 0.272. The summed E-state index contributed by atoms with van der Waals surface area (Å²) in [6.45, 7) is 5.70. The van der Waals surface area contributed by atoms with E-state index in [4.69, 9.17) is 14.2 Å². The Labute approximate surface area is 204 Å². The van der Waals surface area contributed by atoms with Gasteiger partial charge in [0.1, 0.15) is 17.1 Å². The van der Waals surface area contributed by atoms with Crippen molar-refractivity contribution in [1.82, 2.24) is 0 Å². The number of para-hydroxylation sites is 2. The highest BCUT2D eigenvalue weighted by Crippen LogP contribution is 2.24. The normalized spacial score (nSPS) is 11.4. The van der Waals surface area contributed by atoms with Gasteiger partial charge in [-0.3, -0.25) is 0 Å². The van der Waals surface area contributed by atoms with Gasteiger partial charge in [0, 0.05) is 12.5 Å². The molecule has 5 nitrogen and oxygen atoms in total. The van der Waals surface area contributed by atoms with Crippen molar-refractivity contribution in [2.24, 2.45) is 0 Å². The maximum absolute atomic E-state index is 12.7. The first kappa shape index (κ1) is 27.2. The fourth-order valence-electron chi connectivity index (χ4n) is 3.65. The number of rotatable bonds is 17. The number of carbonyl (C=O) groups excluding carboxylic acids is 2. The molecule has 0 spiro atoms. The van der Waals surface area contributed by atoms with Crippen molar-refractivity contribution in [2.75, 3.05) is 0 Å². The van der Waals surface area contributed by atoms with E-state index in [0.717, 1.165) is 25.3 Å². The van der Waals surface area contributed by atoms with Crippen molar-refractivity contribution < 1.29 is 23.8 Å². The van der Waals surface area contributed by atoms with Gasteiger partial charge in [0.2, 0.25) is 6.29 Å². The average Bonchev–Trinajstić information content (AvgIpc) is 2.85. The van der Waals surface area contributed by atoms with E-state index in [0.29, 0.717) is 17.9 Å². The molecule has 0 saturated heterocycles. The third-order valence-corrected chi connectivity index (χ3v) is 5.53. The maximum atomic E-state index is 12.7. The van der Waals surface area contributed by atoms with Crippen LogP contribution in [0, 0.1) is 0 Å². The van der Waals surface area contributed by atoms with Gasteiger partial charge in [-0.15, -0.1) is 0 Å². The molecule has 0 N–H and O–H groups in total. The maximum Gasteiger partial charge on any atom is 0.347 e. The lowest BCUT2D eigenvalue weighted by Gasteiger charge is -2.20. The standard InChI is InChI=1S/C29H38O5/c1-3-5-6-7-8-9-10-11-12-16-23-28(34-27(30)4-2)33-26-22-18-17-21-25(26)29(31)32-24-19-14-13-15-20-24/h4,13-15,17-22,28H,2-3,5-12,16,23H2,1H3. The molecular weight excluding hydrogens is 428 g/mol. The zero-order valence-corrected chi connectivity index (χ0v) is 20.4. The van der Waals surface area contributed by atoms with E-state index in [2.05, 4.69) is 13.5 Å². The molecule has 1 unspecified atom stereocenters. The van der Waals surface area contributed by atoms with Gasteiger partial charge in [-0.1, -0.05) is 102 Å². The van der Waals surface area contributed by atoms with Gasteiger partial charge < -0.3 is 14.2 Å². The summed E-state index contributed by atoms with van der Waals surface area (Å²) < 4.78 is 16.8.